The van der Waals surface area contributed by atoms with Crippen molar-refractivity contribution in [1.29, 1.82) is 0 Å². The molecular formula is C13H19N3O4S. The van der Waals surface area contributed by atoms with Crippen LogP contribution in [0.5, 0.6) is 0 Å². The summed E-state index contributed by atoms with van der Waals surface area (Å²) in [6.07, 6.45) is 0.437. The highest BCUT2D eigenvalue weighted by Crippen LogP contribution is 2.22. The van der Waals surface area contributed by atoms with Gasteiger partial charge in [0.05, 0.1) is 11.5 Å². The van der Waals surface area contributed by atoms with Crippen molar-refractivity contribution in [3.8, 4) is 0 Å². The zero-order valence-electron chi connectivity index (χ0n) is 12.0. The number of hydrogen-bond donors (Lipinski definition) is 3. The van der Waals surface area contributed by atoms with Crippen LogP contribution in [-0.4, -0.2) is 40.1 Å². The molecule has 1 heterocycles. The van der Waals surface area contributed by atoms with E-state index < -0.39 is 15.6 Å². The second kappa shape index (κ2) is 5.72. The van der Waals surface area contributed by atoms with Gasteiger partial charge in [-0.1, -0.05) is 6.07 Å². The molecule has 1 atom stereocenters. The lowest BCUT2D eigenvalue weighted by molar-refractivity contribution is -0.121. The van der Waals surface area contributed by atoms with Crippen LogP contribution >= 0.6 is 0 Å². The first-order valence-corrected chi connectivity index (χ1v) is 7.99. The van der Waals surface area contributed by atoms with E-state index in [1.807, 2.05) is 0 Å². The van der Waals surface area contributed by atoms with Crippen LogP contribution in [0.15, 0.2) is 23.1 Å². The topological polar surface area (TPSA) is 111 Å². The monoisotopic (exact) mass is 313 g/mol. The summed E-state index contributed by atoms with van der Waals surface area (Å²) in [6.45, 7) is 2.29. The van der Waals surface area contributed by atoms with Gasteiger partial charge in [-0.05, 0) is 38.1 Å². The molecule has 0 aromatic heterocycles. The van der Waals surface area contributed by atoms with E-state index in [1.54, 1.807) is 19.1 Å². The van der Waals surface area contributed by atoms with E-state index in [1.165, 1.54) is 13.1 Å². The minimum absolute atomic E-state index is 0.122. The number of amides is 1. The van der Waals surface area contributed by atoms with Crippen molar-refractivity contribution in [2.24, 2.45) is 5.73 Å². The number of rotatable bonds is 4. The van der Waals surface area contributed by atoms with Crippen LogP contribution < -0.4 is 15.8 Å². The number of anilines is 1. The van der Waals surface area contributed by atoms with Crippen molar-refractivity contribution in [3.63, 3.8) is 0 Å². The highest BCUT2D eigenvalue weighted by molar-refractivity contribution is 7.89. The number of nitrogens with two attached hydrogens (primary N) is 1. The molecule has 1 amide bonds. The fourth-order valence-corrected chi connectivity index (χ4v) is 3.09. The molecule has 0 spiro atoms. The molecule has 1 aliphatic heterocycles. The second-order valence-electron chi connectivity index (χ2n) is 5.10. The maximum atomic E-state index is 12.2. The van der Waals surface area contributed by atoms with Gasteiger partial charge in [-0.2, -0.15) is 0 Å². The van der Waals surface area contributed by atoms with E-state index in [0.717, 1.165) is 0 Å². The zero-order valence-corrected chi connectivity index (χ0v) is 12.8. The molecular weight excluding hydrogens is 294 g/mol. The molecule has 8 heteroatoms. The van der Waals surface area contributed by atoms with Crippen LogP contribution in [0.1, 0.15) is 12.0 Å². The van der Waals surface area contributed by atoms with E-state index in [-0.39, 0.29) is 17.4 Å². The minimum atomic E-state index is -3.58. The Kier molecular flexibility index (Phi) is 4.33. The first-order valence-electron chi connectivity index (χ1n) is 6.51. The van der Waals surface area contributed by atoms with Crippen LogP contribution in [-0.2, 0) is 19.6 Å². The van der Waals surface area contributed by atoms with E-state index in [4.69, 9.17) is 10.5 Å². The van der Waals surface area contributed by atoms with Gasteiger partial charge in [-0.25, -0.2) is 13.1 Å². The van der Waals surface area contributed by atoms with Gasteiger partial charge < -0.3 is 15.8 Å². The summed E-state index contributed by atoms with van der Waals surface area (Å²) in [5, 5.41) is 2.65. The van der Waals surface area contributed by atoms with Gasteiger partial charge in [0.25, 0.3) is 0 Å². The number of benzene rings is 1. The van der Waals surface area contributed by atoms with Crippen molar-refractivity contribution in [2.45, 2.75) is 23.8 Å². The molecule has 1 aliphatic rings. The Morgan fingerprint density at radius 2 is 2.14 bits per heavy atom. The standard InChI is InChI=1S/C13H19N3O4S/c1-9-3-4-10(7-11(9)21(18,19)15-2)16-12(17)13(14)5-6-20-8-13/h3-4,7,15H,5-6,8,14H2,1-2H3,(H,16,17). The third-order valence-electron chi connectivity index (χ3n) is 3.51. The van der Waals surface area contributed by atoms with Crippen molar-refractivity contribution >= 4 is 21.6 Å². The normalized spacial score (nSPS) is 22.2. The Labute approximate surface area is 123 Å². The first-order chi connectivity index (χ1) is 9.78. The summed E-state index contributed by atoms with van der Waals surface area (Å²) in [7, 11) is -2.24. The molecule has 1 aromatic rings. The molecule has 21 heavy (non-hydrogen) atoms. The molecule has 0 bridgehead atoms. The number of carbonyl (C=O) groups is 1. The molecule has 1 fully saturated rings. The van der Waals surface area contributed by atoms with E-state index >= 15 is 0 Å². The Bertz CT molecular complexity index is 651. The number of hydrogen-bond acceptors (Lipinski definition) is 5. The molecule has 1 saturated heterocycles. The summed E-state index contributed by atoms with van der Waals surface area (Å²) in [5.74, 6) is -0.378. The van der Waals surface area contributed by atoms with Gasteiger partial charge in [0.15, 0.2) is 0 Å². The van der Waals surface area contributed by atoms with Gasteiger partial charge in [0, 0.05) is 12.3 Å². The van der Waals surface area contributed by atoms with Crippen LogP contribution in [0.2, 0.25) is 0 Å². The average Bonchev–Trinajstić information content (AvgIpc) is 2.89. The SMILES string of the molecule is CNS(=O)(=O)c1cc(NC(=O)C2(N)CCOC2)ccc1C. The molecule has 7 nitrogen and oxygen atoms in total. The smallest absolute Gasteiger partial charge is 0.246 e. The predicted molar refractivity (Wildman–Crippen MR) is 78.4 cm³/mol. The third kappa shape index (κ3) is 3.24. The number of sulfonamides is 1. The van der Waals surface area contributed by atoms with E-state index in [0.29, 0.717) is 24.3 Å². The number of carbonyl (C=O) groups excluding carboxylic acids is 1. The fraction of sp³-hybridized carbons (Fsp3) is 0.462. The van der Waals surface area contributed by atoms with Crippen molar-refractivity contribution in [2.75, 3.05) is 25.6 Å². The minimum Gasteiger partial charge on any atom is -0.379 e. The van der Waals surface area contributed by atoms with Crippen molar-refractivity contribution in [3.05, 3.63) is 23.8 Å². The van der Waals surface area contributed by atoms with Crippen LogP contribution in [0.25, 0.3) is 0 Å². The summed E-state index contributed by atoms with van der Waals surface area (Å²) in [5.41, 5.74) is 5.88. The van der Waals surface area contributed by atoms with Crippen LogP contribution in [0.3, 0.4) is 0 Å². The highest BCUT2D eigenvalue weighted by Gasteiger charge is 2.38. The Morgan fingerprint density at radius 3 is 2.71 bits per heavy atom. The number of nitrogens with one attached hydrogen (secondary N) is 2. The van der Waals surface area contributed by atoms with Gasteiger partial charge in [-0.3, -0.25) is 4.79 Å². The molecule has 1 unspecified atom stereocenters. The zero-order chi connectivity index (χ0) is 15.7. The third-order valence-corrected chi connectivity index (χ3v) is 5.06. The lowest BCUT2D eigenvalue weighted by atomic mass is 9.99. The van der Waals surface area contributed by atoms with Gasteiger partial charge in [0.1, 0.15) is 5.54 Å². The maximum Gasteiger partial charge on any atom is 0.246 e. The lowest BCUT2D eigenvalue weighted by Crippen LogP contribution is -2.51. The van der Waals surface area contributed by atoms with Crippen molar-refractivity contribution in [1.82, 2.24) is 4.72 Å². The molecule has 116 valence electrons. The van der Waals surface area contributed by atoms with Gasteiger partial charge >= 0.3 is 0 Å². The molecule has 0 radical (unpaired) electrons. The molecule has 1 aromatic carbocycles. The summed E-state index contributed by atoms with van der Waals surface area (Å²) in [4.78, 5) is 12.3. The lowest BCUT2D eigenvalue weighted by Gasteiger charge is -2.21. The quantitative estimate of drug-likeness (QED) is 0.722. The fourth-order valence-electron chi connectivity index (χ4n) is 2.09. The Hall–Kier alpha value is -1.48. The van der Waals surface area contributed by atoms with E-state index in [2.05, 4.69) is 10.0 Å². The van der Waals surface area contributed by atoms with E-state index in [9.17, 15) is 13.2 Å². The van der Waals surface area contributed by atoms with Gasteiger partial charge in [-0.15, -0.1) is 0 Å². The molecule has 4 N–H and O–H groups in total. The second-order valence-corrected chi connectivity index (χ2v) is 6.96. The number of ether oxygens (including phenoxy) is 1. The Balaban J connectivity index is 2.26. The van der Waals surface area contributed by atoms with Crippen LogP contribution in [0, 0.1) is 6.92 Å². The molecule has 0 aliphatic carbocycles. The van der Waals surface area contributed by atoms with Crippen LogP contribution in [0.4, 0.5) is 5.69 Å². The summed E-state index contributed by atoms with van der Waals surface area (Å²) >= 11 is 0. The first kappa shape index (κ1) is 15.9. The van der Waals surface area contributed by atoms with Crippen molar-refractivity contribution < 1.29 is 17.9 Å². The largest absolute Gasteiger partial charge is 0.379 e. The predicted octanol–water partition coefficient (Wildman–Crippen LogP) is -0.0406. The summed E-state index contributed by atoms with van der Waals surface area (Å²) in [6, 6.07) is 4.69. The Morgan fingerprint density at radius 1 is 1.43 bits per heavy atom. The highest BCUT2D eigenvalue weighted by atomic mass is 32.2. The summed E-state index contributed by atoms with van der Waals surface area (Å²) < 4.78 is 31.2. The molecule has 0 saturated carbocycles. The van der Waals surface area contributed by atoms with Gasteiger partial charge in [0.2, 0.25) is 15.9 Å². The average molecular weight is 313 g/mol. The number of aryl methyl sites for hydroxylation is 1. The molecule has 2 rings (SSSR count). The maximum absolute atomic E-state index is 12.2.